The van der Waals surface area contributed by atoms with Crippen LogP contribution in [0.5, 0.6) is 5.75 Å². The molecular formula is C7H2Br2F3NO5S. The van der Waals surface area contributed by atoms with Gasteiger partial charge in [0, 0.05) is 12.1 Å². The highest BCUT2D eigenvalue weighted by Gasteiger charge is 2.49. The van der Waals surface area contributed by atoms with Crippen LogP contribution in [0.4, 0.5) is 18.9 Å². The summed E-state index contributed by atoms with van der Waals surface area (Å²) in [5.41, 5.74) is -6.07. The molecule has 0 radical (unpaired) electrons. The van der Waals surface area contributed by atoms with E-state index in [-0.39, 0.29) is 8.95 Å². The average Bonchev–Trinajstić information content (AvgIpc) is 2.21. The third-order valence-corrected chi connectivity index (χ3v) is 3.80. The second-order valence-electron chi connectivity index (χ2n) is 2.98. The lowest BCUT2D eigenvalue weighted by Crippen LogP contribution is -2.28. The van der Waals surface area contributed by atoms with E-state index in [1.165, 1.54) is 0 Å². The van der Waals surface area contributed by atoms with Crippen LogP contribution in [0.25, 0.3) is 0 Å². The van der Waals surface area contributed by atoms with Crippen LogP contribution in [0.1, 0.15) is 0 Å². The molecule has 1 aromatic rings. The molecule has 0 fully saturated rings. The van der Waals surface area contributed by atoms with Gasteiger partial charge in [-0.1, -0.05) is 0 Å². The molecule has 0 atom stereocenters. The molecule has 0 N–H and O–H groups in total. The van der Waals surface area contributed by atoms with Crippen molar-refractivity contribution in [3.05, 3.63) is 31.2 Å². The maximum Gasteiger partial charge on any atom is 0.534 e. The molecule has 0 aromatic heterocycles. The van der Waals surface area contributed by atoms with Crippen molar-refractivity contribution >= 4 is 47.7 Å². The Bertz CT molecular complexity index is 607. The number of nitro groups is 1. The molecule has 0 unspecified atom stereocenters. The number of nitrogens with zero attached hydrogens (tertiary/aromatic N) is 1. The van der Waals surface area contributed by atoms with Crippen molar-refractivity contribution in [1.29, 1.82) is 0 Å². The highest BCUT2D eigenvalue weighted by Crippen LogP contribution is 2.39. The van der Waals surface area contributed by atoms with Gasteiger partial charge in [-0.25, -0.2) is 0 Å². The van der Waals surface area contributed by atoms with Crippen molar-refractivity contribution < 1.29 is 30.7 Å². The van der Waals surface area contributed by atoms with Crippen LogP contribution >= 0.6 is 31.9 Å². The van der Waals surface area contributed by atoms with E-state index < -0.39 is 32.0 Å². The lowest BCUT2D eigenvalue weighted by atomic mass is 10.3. The van der Waals surface area contributed by atoms with Crippen LogP contribution < -0.4 is 4.18 Å². The molecule has 0 aliphatic rings. The first-order valence-electron chi connectivity index (χ1n) is 4.10. The molecule has 0 bridgehead atoms. The van der Waals surface area contributed by atoms with E-state index in [2.05, 4.69) is 36.0 Å². The van der Waals surface area contributed by atoms with E-state index in [4.69, 9.17) is 0 Å². The molecule has 0 aliphatic carbocycles. The summed E-state index contributed by atoms with van der Waals surface area (Å²) in [5.74, 6) is -0.733. The van der Waals surface area contributed by atoms with Crippen LogP contribution in [0.2, 0.25) is 0 Å². The minimum absolute atomic E-state index is 0.318. The van der Waals surface area contributed by atoms with Gasteiger partial charge in [0.1, 0.15) is 0 Å². The molecule has 0 heterocycles. The Morgan fingerprint density at radius 2 is 1.63 bits per heavy atom. The molecule has 1 rings (SSSR count). The minimum atomic E-state index is -5.86. The molecule has 0 saturated carbocycles. The van der Waals surface area contributed by atoms with Crippen molar-refractivity contribution in [3.8, 4) is 5.75 Å². The Morgan fingerprint density at radius 3 is 1.95 bits per heavy atom. The number of nitro benzene ring substituents is 1. The van der Waals surface area contributed by atoms with Crippen molar-refractivity contribution in [2.45, 2.75) is 5.51 Å². The maximum atomic E-state index is 12.1. The van der Waals surface area contributed by atoms with E-state index in [1.807, 2.05) is 0 Å². The molecule has 6 nitrogen and oxygen atoms in total. The zero-order valence-corrected chi connectivity index (χ0v) is 12.4. The Morgan fingerprint density at radius 1 is 1.21 bits per heavy atom. The summed E-state index contributed by atoms with van der Waals surface area (Å²) in [5, 5.41) is 10.5. The van der Waals surface area contributed by atoms with Crippen LogP contribution in [-0.2, 0) is 10.1 Å². The fourth-order valence-corrected chi connectivity index (χ4v) is 2.92. The van der Waals surface area contributed by atoms with Crippen molar-refractivity contribution in [2.24, 2.45) is 0 Å². The first-order chi connectivity index (χ1) is 8.45. The normalized spacial score (nSPS) is 12.3. The quantitative estimate of drug-likeness (QED) is 0.319. The molecule has 0 aliphatic heterocycles. The number of rotatable bonds is 3. The summed E-state index contributed by atoms with van der Waals surface area (Å²) in [6, 6.07) is 1.62. The standard InChI is InChI=1S/C7H2Br2F3NO5S/c8-4-1-3(13(14)15)2-5(9)6(4)18-19(16,17)7(10,11)12/h1-2H. The lowest BCUT2D eigenvalue weighted by molar-refractivity contribution is -0.385. The number of halogens is 5. The zero-order valence-electron chi connectivity index (χ0n) is 8.44. The van der Waals surface area contributed by atoms with E-state index in [0.29, 0.717) is 0 Å². The van der Waals surface area contributed by atoms with Crippen LogP contribution in [0.15, 0.2) is 21.1 Å². The first kappa shape index (κ1) is 16.2. The van der Waals surface area contributed by atoms with Gasteiger partial charge in [0.2, 0.25) is 0 Å². The molecule has 0 spiro atoms. The Labute approximate surface area is 121 Å². The zero-order chi connectivity index (χ0) is 15.0. The van der Waals surface area contributed by atoms with Crippen molar-refractivity contribution in [3.63, 3.8) is 0 Å². The van der Waals surface area contributed by atoms with Gasteiger partial charge in [0.05, 0.1) is 13.9 Å². The minimum Gasteiger partial charge on any atom is -0.374 e. The third-order valence-electron chi connectivity index (χ3n) is 1.67. The largest absolute Gasteiger partial charge is 0.534 e. The van der Waals surface area contributed by atoms with Gasteiger partial charge >= 0.3 is 15.6 Å². The van der Waals surface area contributed by atoms with Crippen molar-refractivity contribution in [1.82, 2.24) is 0 Å². The smallest absolute Gasteiger partial charge is 0.374 e. The highest BCUT2D eigenvalue weighted by molar-refractivity contribution is 9.11. The second kappa shape index (κ2) is 5.25. The highest BCUT2D eigenvalue weighted by atomic mass is 79.9. The fraction of sp³-hybridized carbons (Fsp3) is 0.143. The summed E-state index contributed by atoms with van der Waals surface area (Å²) >= 11 is 5.39. The maximum absolute atomic E-state index is 12.1. The number of hydrogen-bond acceptors (Lipinski definition) is 5. The van der Waals surface area contributed by atoms with Gasteiger partial charge < -0.3 is 4.18 Å². The van der Waals surface area contributed by atoms with Gasteiger partial charge in [-0.2, -0.15) is 21.6 Å². The average molecular weight is 429 g/mol. The summed E-state index contributed by atoms with van der Waals surface area (Å²) in [6.45, 7) is 0. The number of hydrogen-bond donors (Lipinski definition) is 0. The van der Waals surface area contributed by atoms with Crippen LogP contribution in [-0.4, -0.2) is 18.8 Å². The summed E-state index contributed by atoms with van der Waals surface area (Å²) in [6.07, 6.45) is 0. The fourth-order valence-electron chi connectivity index (χ4n) is 0.888. The Hall–Kier alpha value is -0.880. The van der Waals surface area contributed by atoms with Gasteiger partial charge in [0.25, 0.3) is 5.69 Å². The van der Waals surface area contributed by atoms with E-state index >= 15 is 0 Å². The predicted octanol–water partition coefficient (Wildman–Crippen LogP) is 3.35. The monoisotopic (exact) mass is 427 g/mol. The number of non-ortho nitro benzene ring substituents is 1. The summed E-state index contributed by atoms with van der Waals surface area (Å²) in [7, 11) is -5.86. The van der Waals surface area contributed by atoms with Gasteiger partial charge in [0.15, 0.2) is 5.75 Å². The van der Waals surface area contributed by atoms with Gasteiger partial charge in [-0.15, -0.1) is 0 Å². The van der Waals surface area contributed by atoms with Gasteiger partial charge in [-0.3, -0.25) is 10.1 Å². The molecular weight excluding hydrogens is 427 g/mol. The summed E-state index contributed by atoms with van der Waals surface area (Å²) < 4.78 is 61.3. The lowest BCUT2D eigenvalue weighted by Gasteiger charge is -2.11. The molecule has 0 saturated heterocycles. The number of benzene rings is 1. The molecule has 12 heteroatoms. The van der Waals surface area contributed by atoms with Crippen molar-refractivity contribution in [2.75, 3.05) is 0 Å². The molecule has 106 valence electrons. The molecule has 0 amide bonds. The van der Waals surface area contributed by atoms with Crippen LogP contribution in [0.3, 0.4) is 0 Å². The first-order valence-corrected chi connectivity index (χ1v) is 7.09. The Balaban J connectivity index is 3.29. The van der Waals surface area contributed by atoms with E-state index in [0.717, 1.165) is 12.1 Å². The molecule has 1 aromatic carbocycles. The van der Waals surface area contributed by atoms with Crippen LogP contribution in [0, 0.1) is 10.1 Å². The van der Waals surface area contributed by atoms with E-state index in [9.17, 15) is 31.7 Å². The van der Waals surface area contributed by atoms with Gasteiger partial charge in [-0.05, 0) is 31.9 Å². The number of alkyl halides is 3. The third kappa shape index (κ3) is 3.57. The topological polar surface area (TPSA) is 86.5 Å². The summed E-state index contributed by atoms with van der Waals surface area (Å²) in [4.78, 5) is 9.68. The SMILES string of the molecule is O=[N+]([O-])c1cc(Br)c(OS(=O)(=O)C(F)(F)F)c(Br)c1. The van der Waals surface area contributed by atoms with E-state index in [1.54, 1.807) is 0 Å². The Kier molecular flexibility index (Phi) is 4.47. The molecule has 19 heavy (non-hydrogen) atoms. The predicted molar refractivity (Wildman–Crippen MR) is 64.1 cm³/mol. The second-order valence-corrected chi connectivity index (χ2v) is 6.23.